The van der Waals surface area contributed by atoms with Crippen LogP contribution in [0, 0.1) is 0 Å². The van der Waals surface area contributed by atoms with Crippen molar-refractivity contribution in [3.63, 3.8) is 0 Å². The first kappa shape index (κ1) is 24.2. The zero-order valence-corrected chi connectivity index (χ0v) is 30.3. The number of hydrogen-bond acceptors (Lipinski definition) is 4. The van der Waals surface area contributed by atoms with Gasteiger partial charge in [0, 0.05) is 53.3 Å². The molecule has 11 rings (SSSR count). The summed E-state index contributed by atoms with van der Waals surface area (Å²) in [5, 5.41) is 2.80. The second kappa shape index (κ2) is 13.3. The molecule has 5 heteroatoms. The number of hydrogen-bond donors (Lipinski definition) is 0. The second-order valence-electron chi connectivity index (χ2n) is 13.3. The Labute approximate surface area is 340 Å². The van der Waals surface area contributed by atoms with Gasteiger partial charge in [0.05, 0.1) is 23.4 Å². The van der Waals surface area contributed by atoms with Crippen LogP contribution in [0.5, 0.6) is 0 Å². The normalized spacial score (nSPS) is 13.8. The fourth-order valence-electron chi connectivity index (χ4n) is 7.54. The van der Waals surface area contributed by atoms with Crippen LogP contribution in [-0.4, -0.2) is 19.5 Å². The smallest absolute Gasteiger partial charge is 0.164 e. The molecule has 56 heavy (non-hydrogen) atoms. The maximum absolute atomic E-state index is 9.07. The summed E-state index contributed by atoms with van der Waals surface area (Å²) in [5.41, 5.74) is 5.94. The van der Waals surface area contributed by atoms with Crippen molar-refractivity contribution in [3.8, 4) is 62.1 Å². The number of rotatable bonds is 6. The average molecular weight is 742 g/mol. The number of nitrogens with zero attached hydrogens (tertiary/aromatic N) is 4. The Kier molecular flexibility index (Phi) is 5.75. The zero-order chi connectivity index (χ0) is 44.8. The van der Waals surface area contributed by atoms with E-state index in [9.17, 15) is 0 Å². The maximum Gasteiger partial charge on any atom is 0.164 e. The molecule has 11 aromatic rings. The van der Waals surface area contributed by atoms with E-state index in [1.807, 2.05) is 84.9 Å². The monoisotopic (exact) mass is 741 g/mol. The van der Waals surface area contributed by atoms with E-state index >= 15 is 0 Å². The molecule has 0 spiro atoms. The largest absolute Gasteiger partial charge is 0.309 e. The first-order chi connectivity index (χ1) is 31.5. The van der Waals surface area contributed by atoms with E-state index in [0.29, 0.717) is 34.1 Å². The summed E-state index contributed by atoms with van der Waals surface area (Å²) in [4.78, 5) is 15.1. The molecule has 262 valence electrons. The van der Waals surface area contributed by atoms with E-state index in [-0.39, 0.29) is 34.1 Å². The van der Waals surface area contributed by atoms with Gasteiger partial charge >= 0.3 is 0 Å². The van der Waals surface area contributed by atoms with Crippen molar-refractivity contribution in [2.75, 3.05) is 0 Å². The van der Waals surface area contributed by atoms with Crippen molar-refractivity contribution in [1.29, 1.82) is 0 Å². The molecule has 8 aromatic carbocycles. The van der Waals surface area contributed by atoms with Crippen LogP contribution in [0.3, 0.4) is 0 Å². The summed E-state index contributed by atoms with van der Waals surface area (Å²) in [6.07, 6.45) is 0. The third-order valence-electron chi connectivity index (χ3n) is 10.1. The molecule has 0 bridgehead atoms. The molecule has 0 aliphatic heterocycles. The van der Waals surface area contributed by atoms with Crippen LogP contribution in [-0.2, 0) is 0 Å². The summed E-state index contributed by atoms with van der Waals surface area (Å²) >= 11 is 1.74. The minimum absolute atomic E-state index is 0.0509. The number of thiophene rings is 1. The lowest BCUT2D eigenvalue weighted by atomic mass is 9.99. The summed E-state index contributed by atoms with van der Waals surface area (Å²) < 4.78 is 81.8. The molecule has 0 amide bonds. The topological polar surface area (TPSA) is 43.6 Å². The van der Waals surface area contributed by atoms with Crippen molar-refractivity contribution in [3.05, 3.63) is 194 Å². The van der Waals surface area contributed by atoms with Crippen LogP contribution < -0.4 is 0 Å². The van der Waals surface area contributed by atoms with E-state index in [1.54, 1.807) is 34.1 Å². The Morgan fingerprint density at radius 3 is 1.80 bits per heavy atom. The van der Waals surface area contributed by atoms with Crippen LogP contribution in [0.2, 0.25) is 0 Å². The molecule has 0 atom stereocenters. The molecule has 0 saturated carbocycles. The summed E-state index contributed by atoms with van der Waals surface area (Å²) in [6.45, 7) is 0. The van der Waals surface area contributed by atoms with Gasteiger partial charge in [0.2, 0.25) is 0 Å². The summed E-state index contributed by atoms with van der Waals surface area (Å²) in [6, 6.07) is 41.5. The SMILES string of the molecule is [2H]c1c([2H])c([2H])c(-c2cccc3c2c2c([2H])c([2H])c([2H])c([2H])c2n3-c2ccc(-c3ccc(-c4nc(-c5ccccc5)nc(-c5cccc6sc7ccccc7c56)n4)cc3)cc2)c([2H])c1[2H]. The molecule has 3 aromatic heterocycles. The number of fused-ring (bicyclic) bond motifs is 6. The second-order valence-corrected chi connectivity index (χ2v) is 14.4. The number of benzene rings is 8. The molecule has 0 radical (unpaired) electrons. The lowest BCUT2D eigenvalue weighted by molar-refractivity contribution is 1.08. The first-order valence-corrected chi connectivity index (χ1v) is 18.9. The van der Waals surface area contributed by atoms with Gasteiger partial charge in [-0.05, 0) is 58.6 Å². The van der Waals surface area contributed by atoms with E-state index in [4.69, 9.17) is 27.3 Å². The van der Waals surface area contributed by atoms with Gasteiger partial charge in [-0.1, -0.05) is 158 Å². The zero-order valence-electron chi connectivity index (χ0n) is 38.5. The van der Waals surface area contributed by atoms with Gasteiger partial charge in [-0.25, -0.2) is 15.0 Å². The number of aromatic nitrogens is 4. The van der Waals surface area contributed by atoms with Crippen LogP contribution in [0.25, 0.3) is 104 Å². The highest BCUT2D eigenvalue weighted by atomic mass is 32.1. The van der Waals surface area contributed by atoms with Gasteiger partial charge < -0.3 is 4.57 Å². The third-order valence-corrected chi connectivity index (χ3v) is 11.2. The van der Waals surface area contributed by atoms with Crippen LogP contribution in [0.1, 0.15) is 12.3 Å². The Balaban J connectivity index is 1.01. The Morgan fingerprint density at radius 2 is 1.00 bits per heavy atom. The molecule has 0 N–H and O–H groups in total. The van der Waals surface area contributed by atoms with Gasteiger partial charge in [-0.15, -0.1) is 11.3 Å². The van der Waals surface area contributed by atoms with E-state index < -0.39 is 42.3 Å². The molecule has 0 saturated heterocycles. The predicted octanol–water partition coefficient (Wildman–Crippen LogP) is 13.7. The quantitative estimate of drug-likeness (QED) is 0.170. The van der Waals surface area contributed by atoms with Gasteiger partial charge in [0.1, 0.15) is 0 Å². The lowest BCUT2D eigenvalue weighted by Gasteiger charge is -2.11. The van der Waals surface area contributed by atoms with E-state index in [2.05, 4.69) is 36.4 Å². The average Bonchev–Trinajstić information content (AvgIpc) is 3.91. The van der Waals surface area contributed by atoms with Crippen LogP contribution >= 0.6 is 11.3 Å². The van der Waals surface area contributed by atoms with Crippen molar-refractivity contribution in [2.24, 2.45) is 0 Å². The fraction of sp³-hybridized carbons (Fsp3) is 0. The van der Waals surface area contributed by atoms with Gasteiger partial charge in [-0.2, -0.15) is 0 Å². The highest BCUT2D eigenvalue weighted by Crippen LogP contribution is 2.41. The fourth-order valence-corrected chi connectivity index (χ4v) is 8.68. The van der Waals surface area contributed by atoms with Crippen molar-refractivity contribution in [1.82, 2.24) is 19.5 Å². The van der Waals surface area contributed by atoms with Gasteiger partial charge in [0.15, 0.2) is 17.5 Å². The molecule has 0 aliphatic rings. The maximum atomic E-state index is 9.07. The third kappa shape index (κ3) is 5.40. The highest BCUT2D eigenvalue weighted by molar-refractivity contribution is 7.25. The molecule has 0 fully saturated rings. The standard InChI is InChI=1S/C51H32N4S/c1-3-13-35(14-4-1)39-19-11-22-44-47(39)40-17-7-9-21-43(40)55(44)38-31-29-34(30-32-38)33-25-27-37(28-26-33)50-52-49(36-15-5-2-6-16-36)53-51(54-50)42-20-12-24-46-48(42)41-18-8-10-23-45(41)56-46/h1-32H/i1D,3D,4D,7D,9D,13D,14D,17D,21D. The van der Waals surface area contributed by atoms with Crippen molar-refractivity contribution < 1.29 is 12.3 Å². The minimum atomic E-state index is -0.524. The first-order valence-electron chi connectivity index (χ1n) is 22.5. The molecule has 0 aliphatic carbocycles. The Morgan fingerprint density at radius 1 is 0.393 bits per heavy atom. The van der Waals surface area contributed by atoms with Gasteiger partial charge in [-0.3, -0.25) is 0 Å². The minimum Gasteiger partial charge on any atom is -0.309 e. The van der Waals surface area contributed by atoms with E-state index in [1.165, 1.54) is 4.70 Å². The lowest BCUT2D eigenvalue weighted by Crippen LogP contribution is -2.00. The van der Waals surface area contributed by atoms with Gasteiger partial charge in [0.25, 0.3) is 0 Å². The van der Waals surface area contributed by atoms with Crippen molar-refractivity contribution in [2.45, 2.75) is 0 Å². The Hall–Kier alpha value is -7.21. The van der Waals surface area contributed by atoms with Crippen LogP contribution in [0.15, 0.2) is 194 Å². The molecule has 4 nitrogen and oxygen atoms in total. The summed E-state index contributed by atoms with van der Waals surface area (Å²) in [5.74, 6) is 1.68. The molecular weight excluding hydrogens is 701 g/mol. The molecule has 0 unspecified atom stereocenters. The van der Waals surface area contributed by atoms with E-state index in [0.717, 1.165) is 43.3 Å². The van der Waals surface area contributed by atoms with Crippen LogP contribution in [0.4, 0.5) is 0 Å². The predicted molar refractivity (Wildman–Crippen MR) is 234 cm³/mol. The molecule has 3 heterocycles. The summed E-state index contributed by atoms with van der Waals surface area (Å²) in [7, 11) is 0. The van der Waals surface area contributed by atoms with Crippen molar-refractivity contribution >= 4 is 53.3 Å². The number of para-hydroxylation sites is 1. The molecular formula is C51H32N4S. The highest BCUT2D eigenvalue weighted by Gasteiger charge is 2.18. The Bertz CT molecular complexity index is 3730.